The first-order valence-electron chi connectivity index (χ1n) is 51.8. The topological polar surface area (TPSA) is 310 Å². The van der Waals surface area contributed by atoms with Gasteiger partial charge >= 0.3 is 16.5 Å². The number of benzene rings is 23. The zero-order valence-electron chi connectivity index (χ0n) is 78.7. The third kappa shape index (κ3) is 6.75. The summed E-state index contributed by atoms with van der Waals surface area (Å²) in [6, 6.07) is 17.0. The molecule has 2 aliphatic heterocycles. The van der Waals surface area contributed by atoms with Gasteiger partial charge in [0.25, 0.3) is 0 Å². The average molecular weight is 2060 g/mol. The molecule has 0 fully saturated rings. The predicted octanol–water partition coefficient (Wildman–Crippen LogP) is 26.7. The Labute approximate surface area is 837 Å². The van der Waals surface area contributed by atoms with E-state index in [2.05, 4.69) is 24.3 Å². The first-order valence-corrected chi connectivity index (χ1v) is 61.7. The van der Waals surface area contributed by atoms with E-state index in [1.165, 1.54) is 361 Å². The molecule has 147 heavy (non-hydrogen) atoms. The predicted molar refractivity (Wildman–Crippen MR) is 585 cm³/mol. The van der Waals surface area contributed by atoms with Gasteiger partial charge in [-0.2, -0.15) is 0 Å². The van der Waals surface area contributed by atoms with Gasteiger partial charge in [0.2, 0.25) is 0 Å². The van der Waals surface area contributed by atoms with Crippen LogP contribution in [0.5, 0.6) is 0 Å². The van der Waals surface area contributed by atoms with Gasteiger partial charge in [-0.25, -0.2) is 60.5 Å². The zero-order chi connectivity index (χ0) is 96.0. The molecule has 36 aromatic rings. The molecule has 5 heterocycles. The van der Waals surface area contributed by atoms with Gasteiger partial charge in [0.1, 0.15) is 0 Å². The first kappa shape index (κ1) is 77.8. The molecule has 0 saturated carbocycles. The smallest absolute Gasteiger partial charge is 0.357 e. The van der Waals surface area contributed by atoms with E-state index < -0.39 is 134 Å². The van der Waals surface area contributed by atoms with Crippen LogP contribution in [-0.2, 0) is 86.3 Å². The standard InChI is InChI=1S/C120H64N8O12S6.Ni/c1-7-13-19-141(129,130)47-29-39-41(31-49(47)143(133,134)21-15-9-3)115-124-113(39)122-111-37-25-35-27-45-46(28-36(35)26-38(37)112(121-111)123-114-40-30-48(142(131,132)20-14-8-2)50(144(135,136)22-16-10-4)32-42(40)116(125-114)127-118-44-34-52(146(139,140)24-18-12-6)51(145(137,138)23-17-11-5)33-43(44)117(126-115)128-118)120-109-101-93-83-73-65-57-54-53-55-59-61(57)69-75-67(59)77-71-63(55)64-56(53)60-62-58(54)66(65)74-80-70(62)76-68(60)78-72(64)82-81(71)91-85(77)95-89(75)97(87(93)79(69)73)105(109)103(95)107-99(91)100-92(82)86(78)96-90(76)98-88(80)94(84(74)83)102(101)110(120)106(98)104(96)108(100)119(45,107)120;/h25-34H,7-24H2,1-6H3;/q-2;+2. The van der Waals surface area contributed by atoms with Crippen molar-refractivity contribution >= 4 is 405 Å². The van der Waals surface area contributed by atoms with Crippen LogP contribution >= 0.6 is 0 Å². The Morgan fingerprint density at radius 1 is 0.197 bits per heavy atom. The van der Waals surface area contributed by atoms with Crippen LogP contribution in [-0.4, -0.2) is 115 Å². The maximum atomic E-state index is 15.4. The Hall–Kier alpha value is -13.6. The molecular weight excluding hydrogens is 2000 g/mol. The second-order valence-corrected chi connectivity index (χ2v) is 57.9. The number of hydrogen-bond acceptors (Lipinski definition) is 18. The van der Waals surface area contributed by atoms with Crippen molar-refractivity contribution in [2.24, 2.45) is 0 Å². The molecule has 702 valence electrons. The van der Waals surface area contributed by atoms with Crippen molar-refractivity contribution in [2.45, 2.75) is 159 Å². The summed E-state index contributed by atoms with van der Waals surface area (Å²) in [4.78, 5) is 40.1. The molecule has 27 heteroatoms. The Morgan fingerprint density at radius 2 is 0.347 bits per heavy atom. The van der Waals surface area contributed by atoms with Crippen LogP contribution in [0.15, 0.2) is 90.0 Å². The molecule has 0 unspecified atom stereocenters. The van der Waals surface area contributed by atoms with Crippen molar-refractivity contribution in [3.63, 3.8) is 0 Å². The summed E-state index contributed by atoms with van der Waals surface area (Å²) in [5, 5.41) is 81.8. The van der Waals surface area contributed by atoms with Gasteiger partial charge in [-0.3, -0.25) is 0 Å². The molecule has 5 aliphatic carbocycles. The van der Waals surface area contributed by atoms with Crippen molar-refractivity contribution in [3.8, 4) is 45.6 Å². The fourth-order valence-electron chi connectivity index (χ4n) is 35.4. The normalized spacial score (nSPS) is 17.6. The van der Waals surface area contributed by atoms with Gasteiger partial charge in [-0.15, -0.1) is 0 Å². The number of hydrogen-bond donors (Lipinski definition) is 0. The number of sulfone groups is 6. The molecule has 3 aromatic heterocycles. The SMILES string of the molecule is CCCCS(=O)(=O)c1cc2c(cc1S(=O)(=O)CCCC)-c1nc-2nc2[n-]c(nc3nc(nc4[n-]c(n1)c1cc(S(=O)(=O)CCCC)c(S(=O)(=O)CCCC)cc41)-c1cc4cc5c(cc4cc1-3)C13c4c6c7c8c9c%10c(c%11c%12c1c1c4c4c%13c6c6c7c7c9c9c%14c%10c%10c%11c%11c%12c%12c1c1c4c4c%13c%13c6c6c7c9c7c9c%14c%10c%10c%11c%11c%12c1c1c4c4c%13c6c7c6c9c%10c%11c1c46)C583)c1cc(S(=O)(=O)CCCC)c(S(=O)(=O)CCCC)cc21.[Ni+2]. The van der Waals surface area contributed by atoms with E-state index in [0.717, 1.165) is 10.8 Å². The Morgan fingerprint density at radius 3 is 0.510 bits per heavy atom. The molecule has 0 saturated heterocycles. The zero-order valence-corrected chi connectivity index (χ0v) is 84.6. The Balaban J connectivity index is 0.00000833. The summed E-state index contributed by atoms with van der Waals surface area (Å²) >= 11 is 0. The molecule has 2 spiro atoms. The fourth-order valence-corrected chi connectivity index (χ4v) is 46.9. The molecule has 0 atom stereocenters. The number of rotatable bonds is 24. The van der Waals surface area contributed by atoms with E-state index in [0.29, 0.717) is 49.7 Å². The largest absolute Gasteiger partial charge is 2.00 e. The van der Waals surface area contributed by atoms with Crippen molar-refractivity contribution in [2.75, 3.05) is 34.5 Å². The first-order chi connectivity index (χ1) is 70.8. The minimum atomic E-state index is -4.47. The fraction of sp³-hybridized carbons (Fsp3) is 0.217. The number of nitrogens with zero attached hydrogens (tertiary/aromatic N) is 8. The van der Waals surface area contributed by atoms with Gasteiger partial charge < -0.3 is 29.9 Å². The van der Waals surface area contributed by atoms with Crippen molar-refractivity contribution in [1.29, 1.82) is 0 Å². The minimum Gasteiger partial charge on any atom is -0.357 e. The summed E-state index contributed by atoms with van der Waals surface area (Å²) in [6.45, 7) is 11.1. The molecule has 7 aliphatic rings. The molecule has 43 rings (SSSR count). The summed E-state index contributed by atoms with van der Waals surface area (Å²) in [5.41, 5.74) is 6.92. The van der Waals surface area contributed by atoms with Crippen LogP contribution in [0.3, 0.4) is 0 Å². The van der Waals surface area contributed by atoms with E-state index in [-0.39, 0.29) is 134 Å². The summed E-state index contributed by atoms with van der Waals surface area (Å²) < 4.78 is 184. The molecule has 33 aromatic carbocycles. The molecular formula is C120H64N8NiO12S6. The molecule has 8 bridgehead atoms. The van der Waals surface area contributed by atoms with Crippen molar-refractivity contribution in [3.05, 3.63) is 94.0 Å². The number of aromatic nitrogens is 8. The second-order valence-electron chi connectivity index (χ2n) is 45.4. The van der Waals surface area contributed by atoms with Crippen LogP contribution in [0.25, 0.3) is 391 Å². The Bertz CT molecular complexity index is 12600. The van der Waals surface area contributed by atoms with Crippen LogP contribution in [0.1, 0.15) is 152 Å². The molecule has 0 radical (unpaired) electrons. The van der Waals surface area contributed by atoms with Crippen molar-refractivity contribution < 1.29 is 67.0 Å². The van der Waals surface area contributed by atoms with Gasteiger partial charge in [0.05, 0.1) is 98.0 Å². The van der Waals surface area contributed by atoms with Gasteiger partial charge in [0.15, 0.2) is 59.0 Å². The third-order valence-corrected chi connectivity index (χ3v) is 51.1. The van der Waals surface area contributed by atoms with E-state index in [9.17, 15) is 0 Å². The van der Waals surface area contributed by atoms with E-state index >= 15 is 50.5 Å². The minimum absolute atomic E-state index is 0. The average Bonchev–Trinajstić information content (AvgIpc) is 1.37. The van der Waals surface area contributed by atoms with Crippen LogP contribution < -0.4 is 9.97 Å². The number of unbranched alkanes of at least 4 members (excludes halogenated alkanes) is 6. The maximum absolute atomic E-state index is 15.4. The second kappa shape index (κ2) is 22.0. The quantitative estimate of drug-likeness (QED) is 0.0401. The Kier molecular flexibility index (Phi) is 11.6. The van der Waals surface area contributed by atoms with Gasteiger partial charge in [-0.05, 0) is 456 Å². The van der Waals surface area contributed by atoms with Gasteiger partial charge in [-0.1, -0.05) is 80.1 Å². The van der Waals surface area contributed by atoms with Gasteiger partial charge in [0, 0.05) is 44.8 Å². The monoisotopic (exact) mass is 2060 g/mol. The van der Waals surface area contributed by atoms with E-state index in [1.54, 1.807) is 0 Å². The van der Waals surface area contributed by atoms with Crippen LogP contribution in [0.4, 0.5) is 0 Å². The third-order valence-electron chi connectivity index (χ3n) is 39.7. The molecule has 20 nitrogen and oxygen atoms in total. The number of fused-ring (bicyclic) bond motifs is 22. The summed E-state index contributed by atoms with van der Waals surface area (Å²) in [5.74, 6) is -2.93. The van der Waals surface area contributed by atoms with E-state index in [4.69, 9.17) is 39.9 Å². The van der Waals surface area contributed by atoms with Crippen LogP contribution in [0, 0.1) is 0 Å². The summed E-state index contributed by atoms with van der Waals surface area (Å²) in [7, 11) is -26.8. The molecule has 0 amide bonds. The van der Waals surface area contributed by atoms with Crippen LogP contribution in [0.2, 0.25) is 0 Å². The summed E-state index contributed by atoms with van der Waals surface area (Å²) in [6.07, 6.45) is 3.88. The van der Waals surface area contributed by atoms with Crippen molar-refractivity contribution in [1.82, 2.24) is 39.9 Å². The van der Waals surface area contributed by atoms with E-state index in [1.807, 2.05) is 41.5 Å². The maximum Gasteiger partial charge on any atom is 2.00 e. The molecule has 0 N–H and O–H groups in total.